The third-order valence-corrected chi connectivity index (χ3v) is 6.70. The van der Waals surface area contributed by atoms with E-state index in [1.807, 2.05) is 102 Å². The molecular weight excluding hydrogens is 452 g/mol. The predicted octanol–water partition coefficient (Wildman–Crippen LogP) is 4.46. The molecule has 0 radical (unpaired) electrons. The van der Waals surface area contributed by atoms with E-state index >= 15 is 0 Å². The number of carbonyl (C=O) groups is 2. The lowest BCUT2D eigenvalue weighted by molar-refractivity contribution is -0.153. The number of benzene rings is 3. The van der Waals surface area contributed by atoms with E-state index in [9.17, 15) is 9.59 Å². The SMILES string of the molecule is CCOC(=O)[C@@H]1C(=O)N(CCc2ccccc2)c2nc3ccccc3n2[C@H]1c1ccc(N(C)C)cc1. The second kappa shape index (κ2) is 9.85. The second-order valence-electron chi connectivity index (χ2n) is 9.16. The number of nitrogens with zero attached hydrogens (tertiary/aromatic N) is 4. The molecule has 0 spiro atoms. The van der Waals surface area contributed by atoms with E-state index in [1.165, 1.54) is 0 Å². The van der Waals surface area contributed by atoms with E-state index in [0.717, 1.165) is 27.8 Å². The van der Waals surface area contributed by atoms with Crippen LogP contribution < -0.4 is 9.80 Å². The van der Waals surface area contributed by atoms with Gasteiger partial charge in [0, 0.05) is 26.3 Å². The summed E-state index contributed by atoms with van der Waals surface area (Å²) in [5.41, 5.74) is 4.67. The number of carbonyl (C=O) groups excluding carboxylic acids is 2. The van der Waals surface area contributed by atoms with Gasteiger partial charge < -0.3 is 14.2 Å². The maximum absolute atomic E-state index is 14.0. The minimum atomic E-state index is -1.02. The highest BCUT2D eigenvalue weighted by atomic mass is 16.5. The summed E-state index contributed by atoms with van der Waals surface area (Å²) in [7, 11) is 3.96. The van der Waals surface area contributed by atoms with Crippen molar-refractivity contribution in [2.45, 2.75) is 19.4 Å². The zero-order chi connectivity index (χ0) is 25.2. The largest absolute Gasteiger partial charge is 0.465 e. The van der Waals surface area contributed by atoms with E-state index < -0.39 is 17.9 Å². The van der Waals surface area contributed by atoms with E-state index in [-0.39, 0.29) is 12.5 Å². The van der Waals surface area contributed by atoms with Gasteiger partial charge in [0.15, 0.2) is 5.92 Å². The van der Waals surface area contributed by atoms with E-state index in [4.69, 9.17) is 9.72 Å². The Kier molecular flexibility index (Phi) is 6.46. The molecule has 7 nitrogen and oxygen atoms in total. The summed E-state index contributed by atoms with van der Waals surface area (Å²) in [6, 6.07) is 25.2. The number of hydrogen-bond acceptors (Lipinski definition) is 5. The van der Waals surface area contributed by atoms with Crippen molar-refractivity contribution >= 4 is 34.5 Å². The molecule has 1 amide bonds. The Bertz CT molecular complexity index is 1380. The smallest absolute Gasteiger partial charge is 0.321 e. The maximum atomic E-state index is 14.0. The van der Waals surface area contributed by atoms with Gasteiger partial charge in [-0.1, -0.05) is 54.6 Å². The van der Waals surface area contributed by atoms with Gasteiger partial charge in [-0.15, -0.1) is 0 Å². The number of anilines is 2. The zero-order valence-corrected chi connectivity index (χ0v) is 20.8. The Balaban J connectivity index is 1.66. The van der Waals surface area contributed by atoms with Crippen molar-refractivity contribution in [3.8, 4) is 0 Å². The summed E-state index contributed by atoms with van der Waals surface area (Å²) in [6.07, 6.45) is 0.646. The minimum Gasteiger partial charge on any atom is -0.465 e. The average Bonchev–Trinajstić information content (AvgIpc) is 3.27. The number of ether oxygens (including phenoxy) is 1. The molecule has 4 aromatic rings. The Hall–Kier alpha value is -4.13. The van der Waals surface area contributed by atoms with Gasteiger partial charge in [0.2, 0.25) is 11.9 Å². The molecule has 3 aromatic carbocycles. The zero-order valence-electron chi connectivity index (χ0n) is 20.8. The number of hydrogen-bond donors (Lipinski definition) is 0. The van der Waals surface area contributed by atoms with Crippen LogP contribution in [0.5, 0.6) is 0 Å². The van der Waals surface area contributed by atoms with Crippen molar-refractivity contribution in [3.05, 3.63) is 90.0 Å². The molecular formula is C29H30N4O3. The van der Waals surface area contributed by atoms with Gasteiger partial charge in [-0.3, -0.25) is 14.5 Å². The summed E-state index contributed by atoms with van der Waals surface area (Å²) >= 11 is 0. The normalized spacial score (nSPS) is 17.2. The quantitative estimate of drug-likeness (QED) is 0.287. The summed E-state index contributed by atoms with van der Waals surface area (Å²) in [5, 5.41) is 0. The Morgan fingerprint density at radius 3 is 2.36 bits per heavy atom. The van der Waals surface area contributed by atoms with Crippen LogP contribution in [0, 0.1) is 5.92 Å². The summed E-state index contributed by atoms with van der Waals surface area (Å²) in [5.74, 6) is -1.26. The van der Waals surface area contributed by atoms with E-state index in [1.54, 1.807) is 11.8 Å². The second-order valence-corrected chi connectivity index (χ2v) is 9.16. The minimum absolute atomic E-state index is 0.205. The number of imidazole rings is 1. The highest BCUT2D eigenvalue weighted by Crippen LogP contribution is 2.41. The molecule has 0 aliphatic carbocycles. The van der Waals surface area contributed by atoms with Gasteiger partial charge in [0.25, 0.3) is 0 Å². The monoisotopic (exact) mass is 482 g/mol. The lowest BCUT2D eigenvalue weighted by Crippen LogP contribution is -2.50. The van der Waals surface area contributed by atoms with Gasteiger partial charge >= 0.3 is 5.97 Å². The first-order chi connectivity index (χ1) is 17.5. The first kappa shape index (κ1) is 23.6. The lowest BCUT2D eigenvalue weighted by Gasteiger charge is -2.38. The summed E-state index contributed by atoms with van der Waals surface area (Å²) < 4.78 is 7.49. The van der Waals surface area contributed by atoms with Crippen LogP contribution in [0.15, 0.2) is 78.9 Å². The van der Waals surface area contributed by atoms with Crippen LogP contribution in [0.1, 0.15) is 24.1 Å². The van der Waals surface area contributed by atoms with Crippen LogP contribution in [-0.4, -0.2) is 48.7 Å². The predicted molar refractivity (Wildman–Crippen MR) is 141 cm³/mol. The molecule has 184 valence electrons. The lowest BCUT2D eigenvalue weighted by atomic mass is 9.89. The van der Waals surface area contributed by atoms with Gasteiger partial charge in [-0.25, -0.2) is 4.98 Å². The van der Waals surface area contributed by atoms with E-state index in [2.05, 4.69) is 0 Å². The van der Waals surface area contributed by atoms with E-state index in [0.29, 0.717) is 18.9 Å². The van der Waals surface area contributed by atoms with Gasteiger partial charge in [0.1, 0.15) is 0 Å². The average molecular weight is 483 g/mol. The van der Waals surface area contributed by atoms with Crippen molar-refractivity contribution in [2.75, 3.05) is 37.0 Å². The molecule has 0 unspecified atom stereocenters. The number of esters is 1. The maximum Gasteiger partial charge on any atom is 0.321 e. The molecule has 2 heterocycles. The first-order valence-corrected chi connectivity index (χ1v) is 12.3. The van der Waals surface area contributed by atoms with Crippen LogP contribution in [-0.2, 0) is 20.7 Å². The number of fused-ring (bicyclic) bond motifs is 3. The van der Waals surface area contributed by atoms with Crippen LogP contribution in [0.3, 0.4) is 0 Å². The van der Waals surface area contributed by atoms with Gasteiger partial charge in [0.05, 0.1) is 23.7 Å². The highest BCUT2D eigenvalue weighted by molar-refractivity contribution is 6.08. The van der Waals surface area contributed by atoms with Gasteiger partial charge in [-0.05, 0) is 48.7 Å². The Labute approximate surface area is 210 Å². The molecule has 0 saturated heterocycles. The van der Waals surface area contributed by atoms with Crippen LogP contribution in [0.2, 0.25) is 0 Å². The molecule has 36 heavy (non-hydrogen) atoms. The number of aromatic nitrogens is 2. The fraction of sp³-hybridized carbons (Fsp3) is 0.276. The van der Waals surface area contributed by atoms with Crippen molar-refractivity contribution in [2.24, 2.45) is 5.92 Å². The highest BCUT2D eigenvalue weighted by Gasteiger charge is 2.47. The van der Waals surface area contributed by atoms with Crippen molar-refractivity contribution in [1.29, 1.82) is 0 Å². The summed E-state index contributed by atoms with van der Waals surface area (Å²) in [6.45, 7) is 2.38. The van der Waals surface area contributed by atoms with Crippen LogP contribution in [0.25, 0.3) is 11.0 Å². The Morgan fingerprint density at radius 2 is 1.67 bits per heavy atom. The van der Waals surface area contributed by atoms with Gasteiger partial charge in [-0.2, -0.15) is 0 Å². The molecule has 0 bridgehead atoms. The number of para-hydroxylation sites is 2. The van der Waals surface area contributed by atoms with Crippen molar-refractivity contribution in [3.63, 3.8) is 0 Å². The molecule has 7 heteroatoms. The fourth-order valence-corrected chi connectivity index (χ4v) is 4.92. The standard InChI is InChI=1S/C29H30N4O3/c1-4-36-28(35)25-26(21-14-16-22(17-15-21)31(2)3)33-24-13-9-8-12-23(24)30-29(33)32(27(25)34)19-18-20-10-6-5-7-11-20/h5-17,25-26H,4,18-19H2,1-3H3/t25-,26-/m0/s1. The number of rotatable bonds is 7. The third-order valence-electron chi connectivity index (χ3n) is 6.70. The first-order valence-electron chi connectivity index (χ1n) is 12.3. The van der Waals surface area contributed by atoms with Crippen LogP contribution >= 0.6 is 0 Å². The molecule has 2 atom stereocenters. The molecule has 1 aromatic heterocycles. The number of amides is 1. The molecule has 0 N–H and O–H groups in total. The molecule has 0 saturated carbocycles. The molecule has 0 fully saturated rings. The Morgan fingerprint density at radius 1 is 0.972 bits per heavy atom. The molecule has 1 aliphatic rings. The fourth-order valence-electron chi connectivity index (χ4n) is 4.92. The third kappa shape index (κ3) is 4.21. The topological polar surface area (TPSA) is 67.7 Å². The van der Waals surface area contributed by atoms with Crippen molar-refractivity contribution in [1.82, 2.24) is 9.55 Å². The van der Waals surface area contributed by atoms with Crippen molar-refractivity contribution < 1.29 is 14.3 Å². The summed E-state index contributed by atoms with van der Waals surface area (Å²) in [4.78, 5) is 35.9. The molecule has 5 rings (SSSR count). The van der Waals surface area contributed by atoms with Crippen LogP contribution in [0.4, 0.5) is 11.6 Å². The molecule has 1 aliphatic heterocycles.